The highest BCUT2D eigenvalue weighted by molar-refractivity contribution is 5.30. The van der Waals surface area contributed by atoms with Crippen LogP contribution in [0.4, 0.5) is 4.39 Å². The molecule has 0 spiro atoms. The van der Waals surface area contributed by atoms with Gasteiger partial charge in [0.25, 0.3) is 0 Å². The maximum atomic E-state index is 13.5. The minimum absolute atomic E-state index is 0.165. The van der Waals surface area contributed by atoms with Gasteiger partial charge in [-0.1, -0.05) is 11.6 Å². The molecule has 0 radical (unpaired) electrons. The first-order valence-corrected chi connectivity index (χ1v) is 5.32. The second-order valence-corrected chi connectivity index (χ2v) is 4.07. The first kappa shape index (κ1) is 12.7. The van der Waals surface area contributed by atoms with Crippen LogP contribution in [0, 0.1) is 5.82 Å². The smallest absolute Gasteiger partial charge is 0.165 e. The van der Waals surface area contributed by atoms with Crippen molar-refractivity contribution in [3.8, 4) is 5.75 Å². The number of hydrogen-bond acceptors (Lipinski definition) is 2. The summed E-state index contributed by atoms with van der Waals surface area (Å²) in [5, 5.41) is 0. The van der Waals surface area contributed by atoms with Gasteiger partial charge >= 0.3 is 0 Å². The van der Waals surface area contributed by atoms with Crippen molar-refractivity contribution < 1.29 is 9.13 Å². The van der Waals surface area contributed by atoms with Gasteiger partial charge in [0.05, 0.1) is 0 Å². The second-order valence-electron chi connectivity index (χ2n) is 4.07. The summed E-state index contributed by atoms with van der Waals surface area (Å²) in [4.78, 5) is 0. The maximum Gasteiger partial charge on any atom is 0.165 e. The molecule has 88 valence electrons. The van der Waals surface area contributed by atoms with Crippen LogP contribution >= 0.6 is 0 Å². The van der Waals surface area contributed by atoms with Crippen molar-refractivity contribution in [3.05, 3.63) is 41.2 Å². The normalized spacial score (nSPS) is 12.1. The molecule has 0 bridgehead atoms. The molecule has 1 atom stereocenters. The van der Waals surface area contributed by atoms with E-state index in [9.17, 15) is 4.39 Å². The fourth-order valence-electron chi connectivity index (χ4n) is 1.22. The molecule has 0 aliphatic rings. The van der Waals surface area contributed by atoms with Crippen LogP contribution in [0.2, 0.25) is 0 Å². The van der Waals surface area contributed by atoms with Crippen molar-refractivity contribution in [3.63, 3.8) is 0 Å². The van der Waals surface area contributed by atoms with Crippen molar-refractivity contribution in [2.24, 2.45) is 5.73 Å². The first-order valence-electron chi connectivity index (χ1n) is 5.32. The molecule has 0 aliphatic carbocycles. The van der Waals surface area contributed by atoms with Gasteiger partial charge in [-0.05, 0) is 44.5 Å². The molecule has 0 unspecified atom stereocenters. The Morgan fingerprint density at radius 2 is 2.19 bits per heavy atom. The summed E-state index contributed by atoms with van der Waals surface area (Å²) in [7, 11) is 0. The van der Waals surface area contributed by atoms with Crippen LogP contribution in [-0.2, 0) is 0 Å². The zero-order valence-electron chi connectivity index (χ0n) is 9.96. The van der Waals surface area contributed by atoms with Gasteiger partial charge in [-0.15, -0.1) is 0 Å². The van der Waals surface area contributed by atoms with Gasteiger partial charge in [0.15, 0.2) is 11.6 Å². The molecule has 1 aromatic carbocycles. The largest absolute Gasteiger partial charge is 0.486 e. The number of halogens is 1. The van der Waals surface area contributed by atoms with E-state index in [1.165, 1.54) is 6.07 Å². The maximum absolute atomic E-state index is 13.5. The summed E-state index contributed by atoms with van der Waals surface area (Å²) in [6.07, 6.45) is 1.90. The van der Waals surface area contributed by atoms with Gasteiger partial charge < -0.3 is 10.5 Å². The minimum Gasteiger partial charge on any atom is -0.486 e. The predicted octanol–water partition coefficient (Wildman–Crippen LogP) is 3.19. The van der Waals surface area contributed by atoms with E-state index in [1.54, 1.807) is 12.1 Å². The molecule has 3 heteroatoms. The molecule has 0 saturated carbocycles. The lowest BCUT2D eigenvalue weighted by Crippen LogP contribution is -2.06. The van der Waals surface area contributed by atoms with E-state index in [1.807, 2.05) is 26.8 Å². The fourth-order valence-corrected chi connectivity index (χ4v) is 1.22. The quantitative estimate of drug-likeness (QED) is 0.795. The van der Waals surface area contributed by atoms with Gasteiger partial charge in [0.1, 0.15) is 6.61 Å². The predicted molar refractivity (Wildman–Crippen MR) is 63.9 cm³/mol. The van der Waals surface area contributed by atoms with Crippen molar-refractivity contribution in [1.82, 2.24) is 0 Å². The van der Waals surface area contributed by atoms with Crippen molar-refractivity contribution in [2.45, 2.75) is 26.8 Å². The standard InChI is InChI=1S/C13H18FNO/c1-9(2)6-7-16-13-5-4-11(10(3)15)8-12(13)14/h4-6,8,10H,7,15H2,1-3H3/t10-/m0/s1. The Morgan fingerprint density at radius 1 is 1.50 bits per heavy atom. The summed E-state index contributed by atoms with van der Waals surface area (Å²) in [6, 6.07) is 4.65. The van der Waals surface area contributed by atoms with Crippen LogP contribution in [0.15, 0.2) is 29.8 Å². The molecule has 16 heavy (non-hydrogen) atoms. The van der Waals surface area contributed by atoms with Crippen molar-refractivity contribution >= 4 is 0 Å². The third-order valence-corrected chi connectivity index (χ3v) is 2.21. The minimum atomic E-state index is -0.364. The van der Waals surface area contributed by atoms with E-state index in [2.05, 4.69) is 0 Å². The molecule has 0 heterocycles. The lowest BCUT2D eigenvalue weighted by atomic mass is 10.1. The van der Waals surface area contributed by atoms with Crippen LogP contribution in [-0.4, -0.2) is 6.61 Å². The Bertz CT molecular complexity index is 382. The van der Waals surface area contributed by atoms with Crippen LogP contribution in [0.3, 0.4) is 0 Å². The average Bonchev–Trinajstić information content (AvgIpc) is 2.19. The molecule has 0 aromatic heterocycles. The number of rotatable bonds is 4. The van der Waals surface area contributed by atoms with E-state index in [-0.39, 0.29) is 17.6 Å². The highest BCUT2D eigenvalue weighted by atomic mass is 19.1. The van der Waals surface area contributed by atoms with Crippen LogP contribution in [0.25, 0.3) is 0 Å². The van der Waals surface area contributed by atoms with E-state index in [4.69, 9.17) is 10.5 Å². The Balaban J connectivity index is 2.72. The second kappa shape index (κ2) is 5.66. The van der Waals surface area contributed by atoms with E-state index in [0.29, 0.717) is 6.61 Å². The third-order valence-electron chi connectivity index (χ3n) is 2.21. The highest BCUT2D eigenvalue weighted by Gasteiger charge is 2.06. The van der Waals surface area contributed by atoms with E-state index < -0.39 is 0 Å². The summed E-state index contributed by atoms with van der Waals surface area (Å²) in [5.74, 6) is -0.0983. The van der Waals surface area contributed by atoms with Gasteiger partial charge in [0.2, 0.25) is 0 Å². The van der Waals surface area contributed by atoms with Gasteiger partial charge in [0, 0.05) is 6.04 Å². The fraction of sp³-hybridized carbons (Fsp3) is 0.385. The molecule has 0 fully saturated rings. The summed E-state index contributed by atoms with van der Waals surface area (Å²) in [6.45, 7) is 6.15. The first-order chi connectivity index (χ1) is 7.50. The lowest BCUT2D eigenvalue weighted by Gasteiger charge is -2.09. The molecule has 2 N–H and O–H groups in total. The Kier molecular flexibility index (Phi) is 4.50. The third kappa shape index (κ3) is 3.66. The Morgan fingerprint density at radius 3 is 2.69 bits per heavy atom. The topological polar surface area (TPSA) is 35.2 Å². The van der Waals surface area contributed by atoms with E-state index in [0.717, 1.165) is 11.1 Å². The molecule has 0 aliphatic heterocycles. The number of benzene rings is 1. The van der Waals surface area contributed by atoms with Gasteiger partial charge in [-0.2, -0.15) is 0 Å². The molecule has 0 saturated heterocycles. The number of ether oxygens (including phenoxy) is 1. The molecule has 0 amide bonds. The molecule has 1 aromatic rings. The zero-order chi connectivity index (χ0) is 12.1. The van der Waals surface area contributed by atoms with Crippen LogP contribution < -0.4 is 10.5 Å². The van der Waals surface area contributed by atoms with Crippen LogP contribution in [0.1, 0.15) is 32.4 Å². The Hall–Kier alpha value is -1.35. The van der Waals surface area contributed by atoms with Gasteiger partial charge in [-0.25, -0.2) is 4.39 Å². The van der Waals surface area contributed by atoms with Crippen molar-refractivity contribution in [1.29, 1.82) is 0 Å². The lowest BCUT2D eigenvalue weighted by molar-refractivity contribution is 0.340. The summed E-state index contributed by atoms with van der Waals surface area (Å²) >= 11 is 0. The summed E-state index contributed by atoms with van der Waals surface area (Å²) in [5.41, 5.74) is 7.57. The Labute approximate surface area is 95.9 Å². The summed E-state index contributed by atoms with van der Waals surface area (Å²) < 4.78 is 18.8. The van der Waals surface area contributed by atoms with Gasteiger partial charge in [-0.3, -0.25) is 0 Å². The van der Waals surface area contributed by atoms with Crippen molar-refractivity contribution in [2.75, 3.05) is 6.61 Å². The number of hydrogen-bond donors (Lipinski definition) is 1. The van der Waals surface area contributed by atoms with Crippen LogP contribution in [0.5, 0.6) is 5.75 Å². The SMILES string of the molecule is CC(C)=CCOc1ccc([C@H](C)N)cc1F. The number of allylic oxidation sites excluding steroid dienone is 1. The van der Waals surface area contributed by atoms with E-state index >= 15 is 0 Å². The monoisotopic (exact) mass is 223 g/mol. The average molecular weight is 223 g/mol. The molecular formula is C13H18FNO. The molecule has 2 nitrogen and oxygen atoms in total. The highest BCUT2D eigenvalue weighted by Crippen LogP contribution is 2.21. The zero-order valence-corrected chi connectivity index (χ0v) is 9.96. The number of nitrogens with two attached hydrogens (primary N) is 1. The molecule has 1 rings (SSSR count). The molecular weight excluding hydrogens is 205 g/mol.